The zero-order chi connectivity index (χ0) is 44.2. The molecule has 0 spiro atoms. The van der Waals surface area contributed by atoms with Crippen LogP contribution in [0.5, 0.6) is 17.2 Å². The Hall–Kier alpha value is -5.55. The van der Waals surface area contributed by atoms with E-state index in [1.807, 2.05) is 49.4 Å². The highest BCUT2D eigenvalue weighted by molar-refractivity contribution is 6.03. The van der Waals surface area contributed by atoms with E-state index in [1.54, 1.807) is 35.2 Å². The third-order valence-corrected chi connectivity index (χ3v) is 12.5. The molecule has 1 aliphatic heterocycles. The number of aliphatic hydroxyl groups excluding tert-OH is 3. The number of unbranched alkanes of at least 4 members (excludes halogenated alkanes) is 2. The molecule has 1 fully saturated rings. The summed E-state index contributed by atoms with van der Waals surface area (Å²) in [5.41, 5.74) is 3.35. The van der Waals surface area contributed by atoms with Gasteiger partial charge < -0.3 is 44.0 Å². The number of nitrogens with zero attached hydrogens (tertiary/aromatic N) is 3. The van der Waals surface area contributed by atoms with Crippen molar-refractivity contribution < 1.29 is 43.9 Å². The molecule has 3 N–H and O–H groups in total. The maximum atomic E-state index is 15.0. The first kappa shape index (κ1) is 45.5. The number of fused-ring (bicyclic) bond motifs is 3. The summed E-state index contributed by atoms with van der Waals surface area (Å²) in [6.45, 7) is 6.68. The van der Waals surface area contributed by atoms with Gasteiger partial charge in [0.25, 0.3) is 5.91 Å². The number of allylic oxidation sites excluding steroid dienone is 1. The lowest BCUT2D eigenvalue weighted by atomic mass is 9.55. The van der Waals surface area contributed by atoms with Gasteiger partial charge in [0.05, 0.1) is 49.7 Å². The molecule has 332 valence electrons. The fourth-order valence-electron chi connectivity index (χ4n) is 9.80. The van der Waals surface area contributed by atoms with E-state index in [9.17, 15) is 20.6 Å². The highest BCUT2D eigenvalue weighted by atomic mass is 16.7. The Morgan fingerprint density at radius 1 is 0.937 bits per heavy atom. The third-order valence-electron chi connectivity index (χ3n) is 12.5. The first-order valence-electron chi connectivity index (χ1n) is 22.3. The van der Waals surface area contributed by atoms with Crippen LogP contribution in [0.1, 0.15) is 79.3 Å². The molecule has 0 unspecified atom stereocenters. The number of amides is 1. The van der Waals surface area contributed by atoms with Crippen molar-refractivity contribution in [2.45, 2.75) is 69.6 Å². The van der Waals surface area contributed by atoms with E-state index < -0.39 is 17.7 Å². The molecule has 12 heteroatoms. The molecule has 0 radical (unpaired) electrons. The van der Waals surface area contributed by atoms with Crippen molar-refractivity contribution in [3.8, 4) is 23.3 Å². The summed E-state index contributed by atoms with van der Waals surface area (Å²) in [7, 11) is 0. The van der Waals surface area contributed by atoms with Crippen molar-refractivity contribution in [3.63, 3.8) is 0 Å². The number of aliphatic hydroxyl groups is 3. The number of nitriles is 1. The molecule has 1 heterocycles. The first-order valence-corrected chi connectivity index (χ1v) is 22.3. The molecule has 4 aromatic rings. The summed E-state index contributed by atoms with van der Waals surface area (Å²) in [4.78, 5) is 22.6. The summed E-state index contributed by atoms with van der Waals surface area (Å²) >= 11 is 0. The molecular weight excluding hydrogens is 799 g/mol. The van der Waals surface area contributed by atoms with E-state index in [4.69, 9.17) is 28.9 Å². The van der Waals surface area contributed by atoms with E-state index in [-0.39, 0.29) is 76.3 Å². The highest BCUT2D eigenvalue weighted by Crippen LogP contribution is 2.62. The SMILES string of the molecule is C=CCO[C@@]12Oc3ccc(Oc4ccc5ccccc5c4)cc3[C@H]3[C@H](CCCCO)[C@@H](CCCCO)C=C(C(=NOCC)C[C@@H]1N(CCOCCO)C(=O)c1ccc(C#N)cc1)[C@H]32. The smallest absolute Gasteiger partial charge is 0.254 e. The van der Waals surface area contributed by atoms with Gasteiger partial charge in [-0.25, -0.2) is 0 Å². The van der Waals surface area contributed by atoms with Gasteiger partial charge in [-0.2, -0.15) is 5.26 Å². The van der Waals surface area contributed by atoms with Crippen LogP contribution < -0.4 is 9.47 Å². The van der Waals surface area contributed by atoms with Gasteiger partial charge in [-0.15, -0.1) is 6.58 Å². The Balaban J connectivity index is 1.43. The quantitative estimate of drug-likeness (QED) is 0.0398. The molecule has 0 bridgehead atoms. The average molecular weight is 858 g/mol. The first-order chi connectivity index (χ1) is 30.9. The Morgan fingerprint density at radius 2 is 1.68 bits per heavy atom. The highest BCUT2D eigenvalue weighted by Gasteiger charge is 2.65. The van der Waals surface area contributed by atoms with Crippen molar-refractivity contribution >= 4 is 22.4 Å². The second kappa shape index (κ2) is 21.7. The van der Waals surface area contributed by atoms with E-state index in [1.165, 1.54) is 0 Å². The van der Waals surface area contributed by atoms with Gasteiger partial charge in [-0.1, -0.05) is 60.5 Å². The lowest BCUT2D eigenvalue weighted by Gasteiger charge is -2.60. The van der Waals surface area contributed by atoms with Crippen molar-refractivity contribution in [2.75, 3.05) is 52.8 Å². The number of benzene rings is 4. The predicted molar refractivity (Wildman–Crippen MR) is 241 cm³/mol. The maximum Gasteiger partial charge on any atom is 0.254 e. The van der Waals surface area contributed by atoms with Crippen molar-refractivity contribution in [3.05, 3.63) is 126 Å². The molecule has 1 saturated carbocycles. The molecule has 2 aliphatic carbocycles. The Labute approximate surface area is 370 Å². The summed E-state index contributed by atoms with van der Waals surface area (Å²) in [6.07, 6.45) is 8.71. The number of oxime groups is 1. The van der Waals surface area contributed by atoms with Crippen LogP contribution in [0.15, 0.2) is 114 Å². The second-order valence-corrected chi connectivity index (χ2v) is 16.3. The van der Waals surface area contributed by atoms with Crippen LogP contribution >= 0.6 is 0 Å². The average Bonchev–Trinajstić information content (AvgIpc) is 3.31. The van der Waals surface area contributed by atoms with Crippen molar-refractivity contribution in [1.82, 2.24) is 4.90 Å². The molecule has 12 nitrogen and oxygen atoms in total. The van der Waals surface area contributed by atoms with Crippen LogP contribution in [-0.4, -0.2) is 96.5 Å². The van der Waals surface area contributed by atoms with Gasteiger partial charge in [0.15, 0.2) is 0 Å². The zero-order valence-electron chi connectivity index (χ0n) is 36.1. The van der Waals surface area contributed by atoms with Crippen LogP contribution in [0.2, 0.25) is 0 Å². The normalized spacial score (nSPS) is 22.9. The fourth-order valence-corrected chi connectivity index (χ4v) is 9.80. The molecule has 3 aliphatic rings. The number of hydrogen-bond acceptors (Lipinski definition) is 11. The third kappa shape index (κ3) is 9.99. The lowest BCUT2D eigenvalue weighted by molar-refractivity contribution is -0.254. The van der Waals surface area contributed by atoms with Gasteiger partial charge in [0.1, 0.15) is 29.9 Å². The van der Waals surface area contributed by atoms with Gasteiger partial charge >= 0.3 is 0 Å². The van der Waals surface area contributed by atoms with E-state index >= 15 is 4.79 Å². The number of rotatable bonds is 22. The minimum atomic E-state index is -1.48. The van der Waals surface area contributed by atoms with Gasteiger partial charge in [-0.3, -0.25) is 4.79 Å². The van der Waals surface area contributed by atoms with Gasteiger partial charge in [0.2, 0.25) is 5.79 Å². The maximum absolute atomic E-state index is 15.0. The Bertz CT molecular complexity index is 2290. The van der Waals surface area contributed by atoms with E-state index in [0.717, 1.165) is 47.6 Å². The van der Waals surface area contributed by atoms with Crippen LogP contribution in [-0.2, 0) is 14.3 Å². The predicted octanol–water partition coefficient (Wildman–Crippen LogP) is 8.31. The molecule has 7 rings (SSSR count). The molecule has 6 atom stereocenters. The topological polar surface area (TPSA) is 163 Å². The van der Waals surface area contributed by atoms with Gasteiger partial charge in [-0.05, 0) is 115 Å². The number of carbonyl (C=O) groups is 1. The van der Waals surface area contributed by atoms with Crippen molar-refractivity contribution in [2.24, 2.45) is 22.9 Å². The summed E-state index contributed by atoms with van der Waals surface area (Å²) in [6, 6.07) is 28.0. The summed E-state index contributed by atoms with van der Waals surface area (Å²) in [5, 5.41) is 46.0. The van der Waals surface area contributed by atoms with Crippen LogP contribution in [0.3, 0.4) is 0 Å². The van der Waals surface area contributed by atoms with Crippen molar-refractivity contribution in [1.29, 1.82) is 5.26 Å². The Kier molecular flexibility index (Phi) is 15.7. The molecule has 1 amide bonds. The minimum absolute atomic E-state index is 0.0249. The molecule has 0 aromatic heterocycles. The molecule has 0 saturated heterocycles. The van der Waals surface area contributed by atoms with Gasteiger partial charge in [0, 0.05) is 43.2 Å². The molecular formula is C51H59N3O9. The van der Waals surface area contributed by atoms with E-state index in [2.05, 4.69) is 36.9 Å². The second-order valence-electron chi connectivity index (χ2n) is 16.3. The number of hydrogen-bond donors (Lipinski definition) is 3. The van der Waals surface area contributed by atoms with Crippen LogP contribution in [0, 0.1) is 29.1 Å². The number of ether oxygens (including phenoxy) is 4. The largest absolute Gasteiger partial charge is 0.459 e. The summed E-state index contributed by atoms with van der Waals surface area (Å²) < 4.78 is 26.9. The molecule has 4 aromatic carbocycles. The Morgan fingerprint density at radius 3 is 2.41 bits per heavy atom. The van der Waals surface area contributed by atoms with Crippen LogP contribution in [0.4, 0.5) is 0 Å². The zero-order valence-corrected chi connectivity index (χ0v) is 36.1. The fraction of sp³-hybridized carbons (Fsp3) is 0.431. The van der Waals surface area contributed by atoms with E-state index in [0.29, 0.717) is 53.5 Å². The number of carbonyl (C=O) groups excluding carboxylic acids is 1. The minimum Gasteiger partial charge on any atom is -0.459 e. The monoisotopic (exact) mass is 857 g/mol. The standard InChI is InChI=1S/C51H59N3O9/c1-3-27-60-51-47(54(23-28-59-29-26-57)50(58)37-17-15-35(34-52)16-18-37)33-45(53-61-4-2)43-31-39(13-7-9-24-55)42(14-8-10-25-56)48(49(43)51)44-32-41(21-22-46(44)63-51)62-40-20-19-36-11-5-6-12-38(36)30-40/h3,5-6,11-12,15-22,30-32,39,42,47-49,55-57H,1,4,7-10,13-14,23-29,33H2,2H3/t39-,42+,47-,48+,49+,51+/m0/s1. The summed E-state index contributed by atoms with van der Waals surface area (Å²) in [5.74, 6) is -0.523. The van der Waals surface area contributed by atoms with Crippen LogP contribution in [0.25, 0.3) is 10.8 Å². The molecule has 63 heavy (non-hydrogen) atoms. The lowest BCUT2D eigenvalue weighted by Crippen LogP contribution is -2.70.